The molecule has 19 N–H and O–H groups in total. The molecule has 0 aliphatic rings. The maximum atomic E-state index is 13.6. The van der Waals surface area contributed by atoms with Crippen LogP contribution in [0.4, 0.5) is 0 Å². The molecule has 0 spiro atoms. The zero-order valence-electron chi connectivity index (χ0n) is 39.0. The number of carbonyl (C=O) groups excluding carboxylic acids is 10. The van der Waals surface area contributed by atoms with Gasteiger partial charge in [0.2, 0.25) is 59.1 Å². The highest BCUT2D eigenvalue weighted by Gasteiger charge is 2.35. The average Bonchev–Trinajstić information content (AvgIpc) is 3.25. The highest BCUT2D eigenvalue weighted by atomic mass is 16.4. The Kier molecular flexibility index (Phi) is 25.4. The number of hydrogen-bond donors (Lipinski definition) is 15. The van der Waals surface area contributed by atoms with Crippen molar-refractivity contribution >= 4 is 71.0 Å². The molecule has 27 heteroatoms. The summed E-state index contributed by atoms with van der Waals surface area (Å²) in [6.45, 7) is 6.91. The van der Waals surface area contributed by atoms with E-state index in [1.165, 1.54) is 52.0 Å². The molecule has 0 bridgehead atoms. The number of benzene rings is 1. The lowest BCUT2D eigenvalue weighted by atomic mass is 10.0. The normalized spacial score (nSPS) is 14.8. The first kappa shape index (κ1) is 59.6. The van der Waals surface area contributed by atoms with Crippen LogP contribution in [0.15, 0.2) is 24.3 Å². The molecule has 0 fully saturated rings. The van der Waals surface area contributed by atoms with Gasteiger partial charge in [0, 0.05) is 12.8 Å². The minimum Gasteiger partial charge on any atom is -0.508 e. The summed E-state index contributed by atoms with van der Waals surface area (Å²) in [6, 6.07) is -7.89. The quantitative estimate of drug-likeness (QED) is 0.0309. The third-order valence-electron chi connectivity index (χ3n) is 10.2. The first-order valence-corrected chi connectivity index (χ1v) is 21.8. The van der Waals surface area contributed by atoms with Crippen LogP contribution in [0.1, 0.15) is 85.1 Å². The monoisotopic (exact) mass is 978 g/mol. The summed E-state index contributed by atoms with van der Waals surface area (Å²) in [5, 5.41) is 46.9. The number of phenols is 1. The number of primary amides is 2. The highest BCUT2D eigenvalue weighted by Crippen LogP contribution is 2.12. The van der Waals surface area contributed by atoms with Crippen LogP contribution in [-0.2, 0) is 64.0 Å². The van der Waals surface area contributed by atoms with E-state index in [4.69, 9.17) is 22.9 Å². The summed E-state index contributed by atoms with van der Waals surface area (Å²) in [5.74, 6) is -13.9. The lowest BCUT2D eigenvalue weighted by molar-refractivity contribution is -0.142. The number of phenolic OH excluding ortho intramolecular Hbond substituents is 1. The van der Waals surface area contributed by atoms with E-state index >= 15 is 0 Å². The summed E-state index contributed by atoms with van der Waals surface area (Å²) in [6.07, 6.45) is -1.40. The van der Waals surface area contributed by atoms with Crippen molar-refractivity contribution in [3.8, 4) is 5.75 Å². The Labute approximate surface area is 397 Å². The molecule has 1 rings (SSSR count). The van der Waals surface area contributed by atoms with Crippen LogP contribution in [0, 0.1) is 5.92 Å². The van der Waals surface area contributed by atoms with Gasteiger partial charge in [-0.25, -0.2) is 0 Å². The van der Waals surface area contributed by atoms with Crippen molar-refractivity contribution < 1.29 is 72.9 Å². The van der Waals surface area contributed by atoms with Gasteiger partial charge in [0.25, 0.3) is 0 Å². The van der Waals surface area contributed by atoms with E-state index in [1.54, 1.807) is 0 Å². The van der Waals surface area contributed by atoms with Gasteiger partial charge < -0.3 is 80.8 Å². The largest absolute Gasteiger partial charge is 0.508 e. The third kappa shape index (κ3) is 22.3. The van der Waals surface area contributed by atoms with Gasteiger partial charge in [0.05, 0.1) is 18.9 Å². The molecule has 1 aromatic carbocycles. The Morgan fingerprint density at radius 3 is 1.49 bits per heavy atom. The standard InChI is InChI=1S/C42H66N12O15/c1-19(2)33(54-35(61)21(4)47-37(63)26(13-14-30(45)56)50-36(62)25(44)8-6-7-15-43)41(67)53-29(18-32(58)59)40(66)52-28(17-31(46)57)39(65)48-20(3)34(60)51-27(38(64)49-22(5)42(68)69)16-23-9-11-24(55)12-10-23/h9-12,19-22,25-29,33,55H,6-8,13-18,43-44H2,1-5H3,(H2,45,56)(H2,46,57)(H,47,63)(H,48,65)(H,49,64)(H,50,62)(H,51,60)(H,52,66)(H,53,67)(H,54,61)(H,58,59)(H,68,69)/t20-,21-,22-,25-,26-,27-,28-,29-,33-/m0/s1. The number of nitrogens with one attached hydrogen (secondary N) is 8. The van der Waals surface area contributed by atoms with Crippen LogP contribution >= 0.6 is 0 Å². The zero-order valence-corrected chi connectivity index (χ0v) is 39.0. The van der Waals surface area contributed by atoms with Crippen LogP contribution in [0.5, 0.6) is 5.75 Å². The van der Waals surface area contributed by atoms with E-state index in [0.717, 1.165) is 6.92 Å². The summed E-state index contributed by atoms with van der Waals surface area (Å²) in [4.78, 5) is 153. The molecule has 0 radical (unpaired) electrons. The minimum absolute atomic E-state index is 0.0976. The molecule has 10 amide bonds. The molecule has 0 unspecified atom stereocenters. The van der Waals surface area contributed by atoms with Gasteiger partial charge >= 0.3 is 11.9 Å². The van der Waals surface area contributed by atoms with Crippen molar-refractivity contribution in [2.75, 3.05) is 6.54 Å². The van der Waals surface area contributed by atoms with Crippen LogP contribution in [0.25, 0.3) is 0 Å². The fraction of sp³-hybridized carbons (Fsp3) is 0.571. The second kappa shape index (κ2) is 29.4. The Balaban J connectivity index is 3.20. The molecule has 27 nitrogen and oxygen atoms in total. The van der Waals surface area contributed by atoms with Crippen molar-refractivity contribution in [1.29, 1.82) is 0 Å². The first-order chi connectivity index (χ1) is 32.2. The second-order valence-corrected chi connectivity index (χ2v) is 16.5. The lowest BCUT2D eigenvalue weighted by Crippen LogP contribution is -2.61. The summed E-state index contributed by atoms with van der Waals surface area (Å²) in [5.41, 5.74) is 22.4. The molecular formula is C42H66N12O15. The van der Waals surface area contributed by atoms with E-state index in [-0.39, 0.29) is 31.4 Å². The molecule has 384 valence electrons. The minimum atomic E-state index is -1.96. The average molecular weight is 979 g/mol. The van der Waals surface area contributed by atoms with E-state index in [0.29, 0.717) is 24.9 Å². The van der Waals surface area contributed by atoms with E-state index in [9.17, 15) is 72.9 Å². The summed E-state index contributed by atoms with van der Waals surface area (Å²) < 4.78 is 0. The molecule has 0 saturated carbocycles. The van der Waals surface area contributed by atoms with Crippen LogP contribution in [0.2, 0.25) is 0 Å². The van der Waals surface area contributed by atoms with Crippen molar-refractivity contribution in [2.24, 2.45) is 28.9 Å². The smallest absolute Gasteiger partial charge is 0.325 e. The fourth-order valence-corrected chi connectivity index (χ4v) is 6.12. The molecule has 69 heavy (non-hydrogen) atoms. The third-order valence-corrected chi connectivity index (χ3v) is 10.2. The topological polar surface area (TPSA) is 466 Å². The number of rotatable bonds is 31. The van der Waals surface area contributed by atoms with E-state index in [1.807, 2.05) is 0 Å². The van der Waals surface area contributed by atoms with Crippen molar-refractivity contribution in [3.05, 3.63) is 29.8 Å². The predicted molar refractivity (Wildman–Crippen MR) is 242 cm³/mol. The molecule has 0 saturated heterocycles. The van der Waals surface area contributed by atoms with Gasteiger partial charge in [0.15, 0.2) is 0 Å². The predicted octanol–water partition coefficient (Wildman–Crippen LogP) is -5.31. The van der Waals surface area contributed by atoms with E-state index in [2.05, 4.69) is 42.5 Å². The summed E-state index contributed by atoms with van der Waals surface area (Å²) in [7, 11) is 0. The molecule has 1 aromatic rings. The van der Waals surface area contributed by atoms with Crippen molar-refractivity contribution in [3.63, 3.8) is 0 Å². The molecule has 0 aliphatic heterocycles. The molecule has 0 aromatic heterocycles. The van der Waals surface area contributed by atoms with Crippen LogP contribution in [-0.4, -0.2) is 147 Å². The maximum Gasteiger partial charge on any atom is 0.325 e. The van der Waals surface area contributed by atoms with Crippen molar-refractivity contribution in [2.45, 2.75) is 140 Å². The Bertz CT molecular complexity index is 2020. The number of nitrogens with two attached hydrogens (primary N) is 4. The van der Waals surface area contributed by atoms with E-state index < -0.39 is 144 Å². The number of aromatic hydroxyl groups is 1. The Morgan fingerprint density at radius 1 is 0.522 bits per heavy atom. The van der Waals surface area contributed by atoms with Crippen LogP contribution in [0.3, 0.4) is 0 Å². The Morgan fingerprint density at radius 2 is 0.986 bits per heavy atom. The van der Waals surface area contributed by atoms with Gasteiger partial charge in [-0.15, -0.1) is 0 Å². The number of unbranched alkanes of at least 4 members (excludes halogenated alkanes) is 1. The number of hydrogen-bond acceptors (Lipinski definition) is 15. The maximum absolute atomic E-state index is 13.6. The van der Waals surface area contributed by atoms with Crippen molar-refractivity contribution in [1.82, 2.24) is 42.5 Å². The Hall–Kier alpha value is -7.42. The highest BCUT2D eigenvalue weighted by molar-refractivity contribution is 5.99. The number of amides is 10. The first-order valence-electron chi connectivity index (χ1n) is 21.8. The second-order valence-electron chi connectivity index (χ2n) is 16.5. The SMILES string of the molecule is CC(C)[C@H](NC(=O)[C@H](C)NC(=O)[C@H](CCC(N)=O)NC(=O)[C@@H](N)CCCCN)C(=O)N[C@@H](CC(=O)O)C(=O)N[C@@H](CC(N)=O)C(=O)N[C@@H](C)C(=O)N[C@@H](Cc1ccc(O)cc1)C(=O)N[C@@H](C)C(=O)O. The number of carbonyl (C=O) groups is 12. The van der Waals surface area contributed by atoms with Gasteiger partial charge in [-0.1, -0.05) is 32.4 Å². The molecule has 9 atom stereocenters. The molecular weight excluding hydrogens is 913 g/mol. The number of carboxylic acids is 2. The fourth-order valence-electron chi connectivity index (χ4n) is 6.12. The zero-order chi connectivity index (χ0) is 52.7. The van der Waals surface area contributed by atoms with Gasteiger partial charge in [-0.3, -0.25) is 57.5 Å². The van der Waals surface area contributed by atoms with Gasteiger partial charge in [-0.2, -0.15) is 0 Å². The van der Waals surface area contributed by atoms with Gasteiger partial charge in [-0.05, 0) is 70.2 Å². The summed E-state index contributed by atoms with van der Waals surface area (Å²) >= 11 is 0. The van der Waals surface area contributed by atoms with Crippen LogP contribution < -0.4 is 65.5 Å². The number of carboxylic acid groups (broad SMARTS) is 2. The lowest BCUT2D eigenvalue weighted by Gasteiger charge is -2.28. The van der Waals surface area contributed by atoms with Gasteiger partial charge in [0.1, 0.15) is 54.1 Å². The number of aliphatic carboxylic acids is 2. The molecule has 0 aliphatic carbocycles. The molecule has 0 heterocycles.